The summed E-state index contributed by atoms with van der Waals surface area (Å²) in [5, 5.41) is 8.78. The molecule has 0 bridgehead atoms. The maximum absolute atomic E-state index is 12.7. The second-order valence-corrected chi connectivity index (χ2v) is 4.84. The number of hydrogen-bond acceptors (Lipinski definition) is 3. The molecule has 0 radical (unpaired) electrons. The summed E-state index contributed by atoms with van der Waals surface area (Å²) >= 11 is 0. The highest BCUT2D eigenvalue weighted by Crippen LogP contribution is 2.35. The molecule has 0 amide bonds. The molecule has 0 saturated heterocycles. The Balaban J connectivity index is 2.52. The normalized spacial score (nSPS) is 13.2. The molecule has 21 heavy (non-hydrogen) atoms. The Morgan fingerprint density at radius 2 is 2.00 bits per heavy atom. The molecule has 1 N–H and O–H groups in total. The van der Waals surface area contributed by atoms with Crippen LogP contribution in [0, 0.1) is 5.92 Å². The van der Waals surface area contributed by atoms with Gasteiger partial charge in [-0.3, -0.25) is 4.79 Å². The molecule has 0 spiro atoms. The van der Waals surface area contributed by atoms with Gasteiger partial charge in [-0.25, -0.2) is 0 Å². The lowest BCUT2D eigenvalue weighted by atomic mass is 10.2. The Kier molecular flexibility index (Phi) is 6.02. The summed E-state index contributed by atoms with van der Waals surface area (Å²) in [6.07, 6.45) is -4.46. The van der Waals surface area contributed by atoms with Gasteiger partial charge in [0.1, 0.15) is 12.4 Å². The van der Waals surface area contributed by atoms with E-state index in [1.54, 1.807) is 18.9 Å². The predicted octanol–water partition coefficient (Wildman–Crippen LogP) is 2.74. The monoisotopic (exact) mass is 305 g/mol. The number of alkyl halides is 3. The van der Waals surface area contributed by atoms with Crippen LogP contribution in [0.3, 0.4) is 0 Å². The third-order valence-corrected chi connectivity index (χ3v) is 2.93. The van der Waals surface area contributed by atoms with Gasteiger partial charge < -0.3 is 14.7 Å². The molecule has 1 rings (SSSR count). The van der Waals surface area contributed by atoms with Gasteiger partial charge in [0.15, 0.2) is 0 Å². The number of halogens is 3. The van der Waals surface area contributed by atoms with Gasteiger partial charge in [0.25, 0.3) is 0 Å². The van der Waals surface area contributed by atoms with E-state index in [0.29, 0.717) is 13.1 Å². The molecule has 0 aromatic heterocycles. The molecule has 0 aliphatic heterocycles. The van der Waals surface area contributed by atoms with Crippen molar-refractivity contribution in [2.45, 2.75) is 13.1 Å². The number of likely N-dealkylation sites (N-methyl/N-ethyl adjacent to an activating group) is 1. The second-order valence-electron chi connectivity index (χ2n) is 4.84. The second kappa shape index (κ2) is 7.31. The molecule has 1 unspecified atom stereocenters. The lowest BCUT2D eigenvalue weighted by Gasteiger charge is -2.20. The van der Waals surface area contributed by atoms with E-state index in [1.165, 1.54) is 18.2 Å². The van der Waals surface area contributed by atoms with Crippen LogP contribution < -0.4 is 4.74 Å². The van der Waals surface area contributed by atoms with Crippen molar-refractivity contribution in [3.05, 3.63) is 29.8 Å². The lowest BCUT2D eigenvalue weighted by Crippen LogP contribution is -2.31. The van der Waals surface area contributed by atoms with Crippen LogP contribution in [-0.4, -0.2) is 42.7 Å². The van der Waals surface area contributed by atoms with Gasteiger partial charge >= 0.3 is 12.1 Å². The molecule has 1 aromatic rings. The van der Waals surface area contributed by atoms with Gasteiger partial charge in [0, 0.05) is 13.1 Å². The van der Waals surface area contributed by atoms with Crippen LogP contribution in [0.5, 0.6) is 5.75 Å². The fourth-order valence-electron chi connectivity index (χ4n) is 1.78. The van der Waals surface area contributed by atoms with Crippen molar-refractivity contribution in [2.24, 2.45) is 5.92 Å². The zero-order valence-corrected chi connectivity index (χ0v) is 11.9. The molecule has 1 aromatic carbocycles. The quantitative estimate of drug-likeness (QED) is 0.841. The number of rotatable bonds is 7. The molecule has 4 nitrogen and oxygen atoms in total. The Labute approximate surface area is 121 Å². The van der Waals surface area contributed by atoms with Crippen LogP contribution in [-0.2, 0) is 11.0 Å². The highest BCUT2D eigenvalue weighted by Gasteiger charge is 2.33. The van der Waals surface area contributed by atoms with Crippen molar-refractivity contribution >= 4 is 5.97 Å². The van der Waals surface area contributed by atoms with E-state index in [4.69, 9.17) is 9.84 Å². The maximum atomic E-state index is 12.7. The summed E-state index contributed by atoms with van der Waals surface area (Å²) in [6.45, 7) is 2.26. The number of carboxylic acid groups (broad SMARTS) is 1. The van der Waals surface area contributed by atoms with E-state index in [0.717, 1.165) is 6.07 Å². The predicted molar refractivity (Wildman–Crippen MR) is 71.2 cm³/mol. The molecule has 0 saturated carbocycles. The molecule has 118 valence electrons. The van der Waals surface area contributed by atoms with Gasteiger partial charge in [-0.1, -0.05) is 19.1 Å². The van der Waals surface area contributed by atoms with Gasteiger partial charge in [-0.05, 0) is 19.2 Å². The summed E-state index contributed by atoms with van der Waals surface area (Å²) in [5.41, 5.74) is -0.813. The van der Waals surface area contributed by atoms with Crippen LogP contribution in [0.1, 0.15) is 12.5 Å². The number of para-hydroxylation sites is 1. The third kappa shape index (κ3) is 5.63. The minimum Gasteiger partial charge on any atom is -0.492 e. The standard InChI is InChI=1S/C14H18F3NO3/c1-10(13(19)20)9-18(2)7-8-21-12-6-4-3-5-11(12)14(15,16)17/h3-6,10H,7-9H2,1-2H3,(H,19,20). The Morgan fingerprint density at radius 1 is 1.38 bits per heavy atom. The van der Waals surface area contributed by atoms with Gasteiger partial charge in [0.2, 0.25) is 0 Å². The molecule has 0 aliphatic carbocycles. The number of carbonyl (C=O) groups is 1. The highest BCUT2D eigenvalue weighted by atomic mass is 19.4. The van der Waals surface area contributed by atoms with E-state index < -0.39 is 23.6 Å². The topological polar surface area (TPSA) is 49.8 Å². The minimum atomic E-state index is -4.46. The van der Waals surface area contributed by atoms with Crippen LogP contribution in [0.2, 0.25) is 0 Å². The van der Waals surface area contributed by atoms with Gasteiger partial charge in [0.05, 0.1) is 11.5 Å². The zero-order chi connectivity index (χ0) is 16.0. The van der Waals surface area contributed by atoms with Crippen molar-refractivity contribution in [3.8, 4) is 5.75 Å². The largest absolute Gasteiger partial charge is 0.492 e. The summed E-state index contributed by atoms with van der Waals surface area (Å²) in [6, 6.07) is 5.01. The summed E-state index contributed by atoms with van der Waals surface area (Å²) in [7, 11) is 1.69. The summed E-state index contributed by atoms with van der Waals surface area (Å²) in [4.78, 5) is 12.4. The van der Waals surface area contributed by atoms with E-state index in [-0.39, 0.29) is 12.4 Å². The highest BCUT2D eigenvalue weighted by molar-refractivity contribution is 5.69. The number of nitrogens with zero attached hydrogens (tertiary/aromatic N) is 1. The van der Waals surface area contributed by atoms with E-state index >= 15 is 0 Å². The molecular formula is C14H18F3NO3. The fourth-order valence-corrected chi connectivity index (χ4v) is 1.78. The van der Waals surface area contributed by atoms with Crippen molar-refractivity contribution < 1.29 is 27.8 Å². The first-order valence-electron chi connectivity index (χ1n) is 6.42. The maximum Gasteiger partial charge on any atom is 0.419 e. The minimum absolute atomic E-state index is 0.0515. The number of ether oxygens (including phenoxy) is 1. The Morgan fingerprint density at radius 3 is 2.57 bits per heavy atom. The molecular weight excluding hydrogens is 287 g/mol. The summed E-state index contributed by atoms with van der Waals surface area (Å²) in [5.74, 6) is -1.67. The van der Waals surface area contributed by atoms with E-state index in [1.807, 2.05) is 0 Å². The molecule has 1 atom stereocenters. The first-order valence-corrected chi connectivity index (χ1v) is 6.42. The average molecular weight is 305 g/mol. The molecule has 0 heterocycles. The zero-order valence-electron chi connectivity index (χ0n) is 11.9. The fraction of sp³-hybridized carbons (Fsp3) is 0.500. The van der Waals surface area contributed by atoms with Crippen molar-refractivity contribution in [1.29, 1.82) is 0 Å². The van der Waals surface area contributed by atoms with Gasteiger partial charge in [-0.15, -0.1) is 0 Å². The molecule has 0 fully saturated rings. The number of benzene rings is 1. The van der Waals surface area contributed by atoms with Crippen molar-refractivity contribution in [1.82, 2.24) is 4.90 Å². The Bertz CT molecular complexity index is 477. The third-order valence-electron chi connectivity index (χ3n) is 2.93. The molecule has 0 aliphatic rings. The average Bonchev–Trinajstić information content (AvgIpc) is 2.37. The van der Waals surface area contributed by atoms with Gasteiger partial charge in [-0.2, -0.15) is 13.2 Å². The first kappa shape index (κ1) is 17.3. The van der Waals surface area contributed by atoms with Crippen molar-refractivity contribution in [3.63, 3.8) is 0 Å². The van der Waals surface area contributed by atoms with E-state index in [2.05, 4.69) is 0 Å². The summed E-state index contributed by atoms with van der Waals surface area (Å²) < 4.78 is 43.4. The van der Waals surface area contributed by atoms with Crippen LogP contribution in [0.15, 0.2) is 24.3 Å². The first-order chi connectivity index (χ1) is 9.71. The van der Waals surface area contributed by atoms with Crippen LogP contribution >= 0.6 is 0 Å². The number of hydrogen-bond donors (Lipinski definition) is 1. The Hall–Kier alpha value is -1.76. The molecule has 7 heteroatoms. The van der Waals surface area contributed by atoms with Crippen LogP contribution in [0.25, 0.3) is 0 Å². The SMILES string of the molecule is CC(CN(C)CCOc1ccccc1C(F)(F)F)C(=O)O. The number of carboxylic acids is 1. The van der Waals surface area contributed by atoms with Crippen LogP contribution in [0.4, 0.5) is 13.2 Å². The lowest BCUT2D eigenvalue weighted by molar-refractivity contribution is -0.142. The van der Waals surface area contributed by atoms with Crippen molar-refractivity contribution in [2.75, 3.05) is 26.7 Å². The smallest absolute Gasteiger partial charge is 0.419 e. The van der Waals surface area contributed by atoms with E-state index in [9.17, 15) is 18.0 Å². The number of aliphatic carboxylic acids is 1.